The SMILES string of the molecule is Cc1cnc(NC2CCC(Oc3cc(C4=CCOCC4)cc4ncc(=O)n(C)c34)CC2)nc1. The normalized spacial score (nSPS) is 21.0. The van der Waals surface area contributed by atoms with Crippen molar-refractivity contribution in [2.45, 2.75) is 51.2 Å². The third-order valence-corrected chi connectivity index (χ3v) is 6.45. The first-order chi connectivity index (χ1) is 16.1. The standard InChI is InChI=1S/C25H29N5O3/c1-16-13-27-25(28-14-16)29-19-3-5-20(6-4-19)33-22-12-18(17-7-9-32-10-8-17)11-21-24(22)30(2)23(31)15-26-21/h7,11-15,19-20H,3-6,8-10H2,1-2H3,(H,27,28,29). The molecule has 0 radical (unpaired) electrons. The van der Waals surface area contributed by atoms with Crippen LogP contribution in [0.25, 0.3) is 16.6 Å². The lowest BCUT2D eigenvalue weighted by atomic mass is 9.93. The van der Waals surface area contributed by atoms with Crippen LogP contribution in [0.15, 0.2) is 41.6 Å². The molecule has 3 heterocycles. The summed E-state index contributed by atoms with van der Waals surface area (Å²) in [6.45, 7) is 3.31. The van der Waals surface area contributed by atoms with Crippen molar-refractivity contribution in [1.82, 2.24) is 19.5 Å². The Labute approximate surface area is 192 Å². The lowest BCUT2D eigenvalue weighted by molar-refractivity contribution is 0.151. The fraction of sp³-hybridized carbons (Fsp3) is 0.440. The number of ether oxygens (including phenoxy) is 2. The number of aromatic nitrogens is 4. The molecule has 1 saturated carbocycles. The molecule has 1 aliphatic carbocycles. The number of hydrogen-bond donors (Lipinski definition) is 1. The van der Waals surface area contributed by atoms with Crippen molar-refractivity contribution in [3.05, 3.63) is 58.3 Å². The number of hydrogen-bond acceptors (Lipinski definition) is 7. The van der Waals surface area contributed by atoms with Crippen LogP contribution in [0, 0.1) is 6.92 Å². The molecule has 0 saturated heterocycles. The maximum Gasteiger partial charge on any atom is 0.269 e. The van der Waals surface area contributed by atoms with Gasteiger partial charge in [0.1, 0.15) is 11.3 Å². The topological polar surface area (TPSA) is 91.2 Å². The van der Waals surface area contributed by atoms with Gasteiger partial charge in [0, 0.05) is 25.5 Å². The fourth-order valence-corrected chi connectivity index (χ4v) is 4.57. The molecule has 0 atom stereocenters. The van der Waals surface area contributed by atoms with E-state index in [9.17, 15) is 4.79 Å². The van der Waals surface area contributed by atoms with E-state index in [0.29, 0.717) is 25.2 Å². The third kappa shape index (κ3) is 4.75. The minimum absolute atomic E-state index is 0.0828. The molecular weight excluding hydrogens is 418 g/mol. The average Bonchev–Trinajstić information content (AvgIpc) is 2.84. The highest BCUT2D eigenvalue weighted by Gasteiger charge is 2.24. The summed E-state index contributed by atoms with van der Waals surface area (Å²) in [5.41, 5.74) is 4.73. The van der Waals surface area contributed by atoms with Gasteiger partial charge in [-0.2, -0.15) is 0 Å². The van der Waals surface area contributed by atoms with Gasteiger partial charge in [0.05, 0.1) is 31.0 Å². The van der Waals surface area contributed by atoms with Gasteiger partial charge in [-0.25, -0.2) is 15.0 Å². The molecule has 0 bridgehead atoms. The zero-order valence-electron chi connectivity index (χ0n) is 19.1. The van der Waals surface area contributed by atoms with Crippen LogP contribution in [0.3, 0.4) is 0 Å². The predicted molar refractivity (Wildman–Crippen MR) is 127 cm³/mol. The molecule has 33 heavy (non-hydrogen) atoms. The summed E-state index contributed by atoms with van der Waals surface area (Å²) in [6.07, 6.45) is 11.9. The number of aryl methyl sites for hydroxylation is 2. The molecule has 172 valence electrons. The van der Waals surface area contributed by atoms with Crippen molar-refractivity contribution < 1.29 is 9.47 Å². The van der Waals surface area contributed by atoms with Crippen LogP contribution < -0.4 is 15.6 Å². The molecule has 1 N–H and O–H groups in total. The van der Waals surface area contributed by atoms with Crippen LogP contribution >= 0.6 is 0 Å². The van der Waals surface area contributed by atoms with Gasteiger partial charge in [0.25, 0.3) is 5.56 Å². The Hall–Kier alpha value is -3.26. The monoisotopic (exact) mass is 447 g/mol. The molecule has 2 aromatic heterocycles. The number of nitrogens with one attached hydrogen (secondary N) is 1. The summed E-state index contributed by atoms with van der Waals surface area (Å²) >= 11 is 0. The molecule has 0 amide bonds. The van der Waals surface area contributed by atoms with Crippen LogP contribution in [-0.4, -0.2) is 44.9 Å². The van der Waals surface area contributed by atoms with Crippen molar-refractivity contribution in [2.75, 3.05) is 18.5 Å². The Morgan fingerprint density at radius 2 is 1.88 bits per heavy atom. The Bertz CT molecular complexity index is 1230. The van der Waals surface area contributed by atoms with Gasteiger partial charge >= 0.3 is 0 Å². The second-order valence-corrected chi connectivity index (χ2v) is 8.87. The minimum atomic E-state index is -0.142. The zero-order valence-corrected chi connectivity index (χ0v) is 19.1. The van der Waals surface area contributed by atoms with E-state index < -0.39 is 0 Å². The van der Waals surface area contributed by atoms with Crippen LogP contribution in [0.4, 0.5) is 5.95 Å². The van der Waals surface area contributed by atoms with Crippen LogP contribution in [0.2, 0.25) is 0 Å². The summed E-state index contributed by atoms with van der Waals surface area (Å²) in [4.78, 5) is 25.4. The predicted octanol–water partition coefficient (Wildman–Crippen LogP) is 3.64. The molecular formula is C25H29N5O3. The Morgan fingerprint density at radius 1 is 1.09 bits per heavy atom. The number of rotatable bonds is 5. The molecule has 2 aliphatic rings. The van der Waals surface area contributed by atoms with Crippen molar-refractivity contribution in [1.29, 1.82) is 0 Å². The highest BCUT2D eigenvalue weighted by molar-refractivity contribution is 5.86. The molecule has 5 rings (SSSR count). The van der Waals surface area contributed by atoms with Crippen LogP contribution in [0.5, 0.6) is 5.75 Å². The second kappa shape index (κ2) is 9.31. The van der Waals surface area contributed by atoms with E-state index in [-0.39, 0.29) is 11.7 Å². The quantitative estimate of drug-likeness (QED) is 0.638. The van der Waals surface area contributed by atoms with E-state index in [1.807, 2.05) is 25.4 Å². The van der Waals surface area contributed by atoms with E-state index in [1.165, 1.54) is 11.8 Å². The van der Waals surface area contributed by atoms with Gasteiger partial charge < -0.3 is 19.4 Å². The maximum atomic E-state index is 12.3. The first-order valence-corrected chi connectivity index (χ1v) is 11.6. The van der Waals surface area contributed by atoms with E-state index in [1.54, 1.807) is 11.6 Å². The Balaban J connectivity index is 1.35. The molecule has 1 aliphatic heterocycles. The summed E-state index contributed by atoms with van der Waals surface area (Å²) in [7, 11) is 1.77. The molecule has 8 nitrogen and oxygen atoms in total. The molecule has 3 aromatic rings. The summed E-state index contributed by atoms with van der Waals surface area (Å²) < 4.78 is 13.6. The van der Waals surface area contributed by atoms with Crippen molar-refractivity contribution >= 4 is 22.6 Å². The van der Waals surface area contributed by atoms with E-state index >= 15 is 0 Å². The summed E-state index contributed by atoms with van der Waals surface area (Å²) in [6, 6.07) is 4.43. The first-order valence-electron chi connectivity index (χ1n) is 11.6. The largest absolute Gasteiger partial charge is 0.488 e. The third-order valence-electron chi connectivity index (χ3n) is 6.45. The van der Waals surface area contributed by atoms with Gasteiger partial charge in [0.2, 0.25) is 5.95 Å². The van der Waals surface area contributed by atoms with Gasteiger partial charge in [-0.3, -0.25) is 4.79 Å². The van der Waals surface area contributed by atoms with Gasteiger partial charge in [0.15, 0.2) is 0 Å². The van der Waals surface area contributed by atoms with Gasteiger partial charge in [-0.15, -0.1) is 0 Å². The van der Waals surface area contributed by atoms with Crippen LogP contribution in [-0.2, 0) is 11.8 Å². The minimum Gasteiger partial charge on any atom is -0.488 e. The van der Waals surface area contributed by atoms with E-state index in [2.05, 4.69) is 32.4 Å². The van der Waals surface area contributed by atoms with Crippen molar-refractivity contribution in [3.63, 3.8) is 0 Å². The highest BCUT2D eigenvalue weighted by atomic mass is 16.5. The fourth-order valence-electron chi connectivity index (χ4n) is 4.57. The highest BCUT2D eigenvalue weighted by Crippen LogP contribution is 2.33. The average molecular weight is 448 g/mol. The first kappa shape index (κ1) is 21.6. The molecule has 0 unspecified atom stereocenters. The number of benzene rings is 1. The number of nitrogens with zero attached hydrogens (tertiary/aromatic N) is 4. The number of anilines is 1. The summed E-state index contributed by atoms with van der Waals surface area (Å²) in [5.74, 6) is 1.40. The number of fused-ring (bicyclic) bond motifs is 1. The van der Waals surface area contributed by atoms with Gasteiger partial charge in [-0.1, -0.05) is 6.08 Å². The maximum absolute atomic E-state index is 12.3. The van der Waals surface area contributed by atoms with Crippen molar-refractivity contribution in [2.24, 2.45) is 7.05 Å². The van der Waals surface area contributed by atoms with Crippen molar-refractivity contribution in [3.8, 4) is 5.75 Å². The lowest BCUT2D eigenvalue weighted by Gasteiger charge is -2.30. The summed E-state index contributed by atoms with van der Waals surface area (Å²) in [5, 5.41) is 3.44. The Kier molecular flexibility index (Phi) is 6.09. The van der Waals surface area contributed by atoms with Crippen LogP contribution in [0.1, 0.15) is 43.2 Å². The van der Waals surface area contributed by atoms with Gasteiger partial charge in [-0.05, 0) is 67.9 Å². The van der Waals surface area contributed by atoms with E-state index in [4.69, 9.17) is 9.47 Å². The molecule has 1 fully saturated rings. The Morgan fingerprint density at radius 3 is 2.61 bits per heavy atom. The van der Waals surface area contributed by atoms with E-state index in [0.717, 1.165) is 60.0 Å². The molecule has 1 aromatic carbocycles. The molecule has 8 heteroatoms. The molecule has 0 spiro atoms. The smallest absolute Gasteiger partial charge is 0.269 e. The second-order valence-electron chi connectivity index (χ2n) is 8.87. The lowest BCUT2D eigenvalue weighted by Crippen LogP contribution is -2.32. The zero-order chi connectivity index (χ0) is 22.8.